The van der Waals surface area contributed by atoms with E-state index in [0.29, 0.717) is 22.4 Å². The summed E-state index contributed by atoms with van der Waals surface area (Å²) < 4.78 is 1.41. The molecule has 1 saturated carbocycles. The number of aryl methyl sites for hydroxylation is 1. The summed E-state index contributed by atoms with van der Waals surface area (Å²) in [5.41, 5.74) is 2.45. The molecule has 3 aromatic heterocycles. The van der Waals surface area contributed by atoms with Crippen LogP contribution in [0.1, 0.15) is 63.4 Å². The van der Waals surface area contributed by atoms with Crippen LogP contribution in [0.25, 0.3) is 11.0 Å². The first-order valence-electron chi connectivity index (χ1n) is 12.3. The summed E-state index contributed by atoms with van der Waals surface area (Å²) >= 11 is 0. The third-order valence-electron chi connectivity index (χ3n) is 6.68. The van der Waals surface area contributed by atoms with E-state index in [-0.39, 0.29) is 28.8 Å². The highest BCUT2D eigenvalue weighted by molar-refractivity contribution is 6.00. The van der Waals surface area contributed by atoms with E-state index >= 15 is 0 Å². The van der Waals surface area contributed by atoms with Gasteiger partial charge in [0.05, 0.1) is 11.2 Å². The number of hydrogen-bond acceptors (Lipinski definition) is 9. The van der Waals surface area contributed by atoms with E-state index in [4.69, 9.17) is 4.84 Å². The van der Waals surface area contributed by atoms with E-state index in [9.17, 15) is 15.3 Å². The molecule has 10 heteroatoms. The summed E-state index contributed by atoms with van der Waals surface area (Å²) in [6.07, 6.45) is 4.87. The smallest absolute Gasteiger partial charge is 0.270 e. The third-order valence-corrected chi connectivity index (χ3v) is 6.68. The highest BCUT2D eigenvalue weighted by atomic mass is 16.6. The molecule has 1 fully saturated rings. The van der Waals surface area contributed by atoms with Gasteiger partial charge in [0, 0.05) is 32.3 Å². The maximum absolute atomic E-state index is 13.0. The van der Waals surface area contributed by atoms with Gasteiger partial charge in [-0.25, -0.2) is 4.98 Å². The third kappa shape index (κ3) is 5.29. The van der Waals surface area contributed by atoms with Gasteiger partial charge in [0.25, 0.3) is 5.56 Å². The summed E-state index contributed by atoms with van der Waals surface area (Å²) in [5, 5.41) is 32.1. The van der Waals surface area contributed by atoms with Gasteiger partial charge >= 0.3 is 0 Å². The standard InChI is InChI=1S/C27H30N8O2/c1-27(2,3)37-33-23(21-7-6-14-30-32-21)17-8-11-19(12-9-17)34(4)25-20(16-29)26(36)35(5)22-13-10-18(15-28)31-24(22)25/h6-7,10,13-14,17,19H,8-9,11-12H2,1-5H3/b33-23+. The van der Waals surface area contributed by atoms with E-state index in [1.807, 2.05) is 44.9 Å². The lowest BCUT2D eigenvalue weighted by Crippen LogP contribution is -2.39. The topological polar surface area (TPSA) is 133 Å². The van der Waals surface area contributed by atoms with Crippen molar-refractivity contribution in [3.8, 4) is 12.1 Å². The molecular formula is C27H30N8O2. The summed E-state index contributed by atoms with van der Waals surface area (Å²) in [6, 6.07) is 11.2. The van der Waals surface area contributed by atoms with Crippen molar-refractivity contribution in [1.29, 1.82) is 10.5 Å². The van der Waals surface area contributed by atoms with Gasteiger partial charge < -0.3 is 14.3 Å². The summed E-state index contributed by atoms with van der Waals surface area (Å²) in [6.45, 7) is 5.84. The number of hydrogen-bond donors (Lipinski definition) is 0. The Hall–Kier alpha value is -4.31. The fraction of sp³-hybridized carbons (Fsp3) is 0.444. The van der Waals surface area contributed by atoms with Crippen molar-refractivity contribution in [2.75, 3.05) is 11.9 Å². The molecule has 1 aliphatic carbocycles. The number of rotatable bonds is 5. The zero-order valence-electron chi connectivity index (χ0n) is 21.8. The van der Waals surface area contributed by atoms with Crippen molar-refractivity contribution in [1.82, 2.24) is 19.7 Å². The molecule has 0 N–H and O–H groups in total. The molecule has 1 aliphatic rings. The highest BCUT2D eigenvalue weighted by Crippen LogP contribution is 2.35. The first kappa shape index (κ1) is 25.8. The first-order chi connectivity index (χ1) is 17.6. The second-order valence-corrected chi connectivity index (χ2v) is 10.3. The van der Waals surface area contributed by atoms with Crippen LogP contribution in [-0.4, -0.2) is 44.2 Å². The van der Waals surface area contributed by atoms with Crippen LogP contribution in [0.2, 0.25) is 0 Å². The van der Waals surface area contributed by atoms with Gasteiger partial charge in [0.2, 0.25) is 0 Å². The fourth-order valence-corrected chi connectivity index (χ4v) is 4.77. The van der Waals surface area contributed by atoms with Gasteiger partial charge in [0.15, 0.2) is 0 Å². The van der Waals surface area contributed by atoms with Crippen LogP contribution in [0.4, 0.5) is 5.69 Å². The Morgan fingerprint density at radius 2 is 1.89 bits per heavy atom. The number of fused-ring (bicyclic) bond motifs is 1. The van der Waals surface area contributed by atoms with Crippen molar-refractivity contribution in [2.45, 2.75) is 58.1 Å². The number of oxime groups is 1. The average Bonchev–Trinajstić information content (AvgIpc) is 2.90. The van der Waals surface area contributed by atoms with Crippen molar-refractivity contribution in [3.05, 3.63) is 57.8 Å². The molecular weight excluding hydrogens is 468 g/mol. The molecule has 0 radical (unpaired) electrons. The molecule has 190 valence electrons. The highest BCUT2D eigenvalue weighted by Gasteiger charge is 2.32. The van der Waals surface area contributed by atoms with Crippen LogP contribution in [-0.2, 0) is 11.9 Å². The predicted octanol–water partition coefficient (Wildman–Crippen LogP) is 3.68. The fourth-order valence-electron chi connectivity index (χ4n) is 4.77. The Balaban J connectivity index is 1.66. The molecule has 4 rings (SSSR count). The van der Waals surface area contributed by atoms with Gasteiger partial charge in [-0.15, -0.1) is 5.10 Å². The number of aromatic nitrogens is 4. The quantitative estimate of drug-likeness (QED) is 0.384. The lowest BCUT2D eigenvalue weighted by Gasteiger charge is -2.36. The van der Waals surface area contributed by atoms with Crippen molar-refractivity contribution >= 4 is 22.4 Å². The number of nitrogens with zero attached hydrogens (tertiary/aromatic N) is 8. The lowest BCUT2D eigenvalue weighted by atomic mass is 9.81. The SMILES string of the molecule is CN(c1c(C#N)c(=O)n(C)c2ccc(C#N)nc12)C1CCC(/C(=N\OC(C)(C)C)c2cccnn2)CC1. The van der Waals surface area contributed by atoms with Gasteiger partial charge in [-0.05, 0) is 70.7 Å². The Labute approximate surface area is 215 Å². The Bertz CT molecular complexity index is 1470. The molecule has 0 bridgehead atoms. The van der Waals surface area contributed by atoms with Crippen LogP contribution >= 0.6 is 0 Å². The maximum atomic E-state index is 13.0. The minimum absolute atomic E-state index is 0.0302. The van der Waals surface area contributed by atoms with Crippen LogP contribution < -0.4 is 10.5 Å². The zero-order chi connectivity index (χ0) is 26.7. The molecule has 3 heterocycles. The van der Waals surface area contributed by atoms with E-state index in [2.05, 4.69) is 32.5 Å². The second kappa shape index (κ2) is 10.4. The summed E-state index contributed by atoms with van der Waals surface area (Å²) in [5.74, 6) is 0.128. The van der Waals surface area contributed by atoms with Crippen molar-refractivity contribution in [2.24, 2.45) is 18.1 Å². The van der Waals surface area contributed by atoms with Crippen molar-refractivity contribution < 1.29 is 4.84 Å². The van der Waals surface area contributed by atoms with Crippen molar-refractivity contribution in [3.63, 3.8) is 0 Å². The van der Waals surface area contributed by atoms with E-state index in [0.717, 1.165) is 31.4 Å². The van der Waals surface area contributed by atoms with E-state index in [1.54, 1.807) is 25.4 Å². The Kier molecular flexibility index (Phi) is 7.21. The normalized spacial score (nSPS) is 18.2. The first-order valence-corrected chi connectivity index (χ1v) is 12.3. The van der Waals surface area contributed by atoms with E-state index in [1.165, 1.54) is 4.57 Å². The second-order valence-electron chi connectivity index (χ2n) is 10.3. The molecule has 37 heavy (non-hydrogen) atoms. The van der Waals surface area contributed by atoms with E-state index < -0.39 is 5.60 Å². The number of pyridine rings is 2. The summed E-state index contributed by atoms with van der Waals surface area (Å²) in [4.78, 5) is 25.2. The molecule has 0 saturated heterocycles. The summed E-state index contributed by atoms with van der Waals surface area (Å²) in [7, 11) is 3.50. The molecule has 0 atom stereocenters. The molecule has 0 aromatic carbocycles. The molecule has 0 amide bonds. The lowest BCUT2D eigenvalue weighted by molar-refractivity contribution is -0.0000810. The molecule has 10 nitrogen and oxygen atoms in total. The number of nitriles is 2. The largest absolute Gasteiger partial charge is 0.390 e. The Morgan fingerprint density at radius 1 is 1.16 bits per heavy atom. The number of anilines is 1. The monoisotopic (exact) mass is 498 g/mol. The molecule has 0 aliphatic heterocycles. The van der Waals surface area contributed by atoms with Crippen LogP contribution in [0.5, 0.6) is 0 Å². The zero-order valence-corrected chi connectivity index (χ0v) is 21.8. The van der Waals surface area contributed by atoms with Gasteiger partial charge in [-0.2, -0.15) is 15.6 Å². The molecule has 3 aromatic rings. The predicted molar refractivity (Wildman–Crippen MR) is 140 cm³/mol. The van der Waals surface area contributed by atoms with Gasteiger partial charge in [-0.1, -0.05) is 5.16 Å². The minimum Gasteiger partial charge on any atom is -0.390 e. The average molecular weight is 499 g/mol. The molecule has 0 spiro atoms. The molecule has 0 unspecified atom stereocenters. The Morgan fingerprint density at radius 3 is 2.49 bits per heavy atom. The van der Waals surface area contributed by atoms with Crippen LogP contribution in [0.3, 0.4) is 0 Å². The van der Waals surface area contributed by atoms with Gasteiger partial charge in [0.1, 0.15) is 45.9 Å². The van der Waals surface area contributed by atoms with Crippen LogP contribution in [0.15, 0.2) is 40.4 Å². The van der Waals surface area contributed by atoms with Gasteiger partial charge in [-0.3, -0.25) is 4.79 Å². The minimum atomic E-state index is -0.436. The maximum Gasteiger partial charge on any atom is 0.270 e. The van der Waals surface area contributed by atoms with Crippen LogP contribution in [0, 0.1) is 28.6 Å².